The SMILES string of the molecule is COc1cnc(-c2ncccn2)c(C=C=O)n1. The first-order valence-electron chi connectivity index (χ1n) is 4.74. The maximum Gasteiger partial charge on any atom is 0.232 e. The van der Waals surface area contributed by atoms with Crippen molar-refractivity contribution >= 4 is 12.0 Å². The summed E-state index contributed by atoms with van der Waals surface area (Å²) in [5.74, 6) is 2.36. The third-order valence-corrected chi connectivity index (χ3v) is 1.96. The van der Waals surface area contributed by atoms with Gasteiger partial charge in [0.1, 0.15) is 17.3 Å². The van der Waals surface area contributed by atoms with Crippen molar-refractivity contribution in [1.82, 2.24) is 19.9 Å². The molecule has 0 saturated carbocycles. The van der Waals surface area contributed by atoms with E-state index in [2.05, 4.69) is 19.9 Å². The van der Waals surface area contributed by atoms with Gasteiger partial charge in [0.15, 0.2) is 5.82 Å². The molecule has 0 aliphatic rings. The molecule has 0 radical (unpaired) electrons. The minimum atomic E-state index is 0.311. The average Bonchev–Trinajstić information content (AvgIpc) is 2.40. The Morgan fingerprint density at radius 3 is 2.71 bits per heavy atom. The second kappa shape index (κ2) is 4.96. The molecule has 0 bridgehead atoms. The maximum atomic E-state index is 10.4. The number of methoxy groups -OCH3 is 1. The Morgan fingerprint density at radius 1 is 1.29 bits per heavy atom. The number of nitrogens with zero attached hydrogens (tertiary/aromatic N) is 4. The summed E-state index contributed by atoms with van der Waals surface area (Å²) in [4.78, 5) is 26.7. The van der Waals surface area contributed by atoms with Gasteiger partial charge in [-0.3, -0.25) is 0 Å². The fourth-order valence-corrected chi connectivity index (χ4v) is 1.23. The highest BCUT2D eigenvalue weighted by Gasteiger charge is 2.10. The van der Waals surface area contributed by atoms with Crippen molar-refractivity contribution in [3.63, 3.8) is 0 Å². The fourth-order valence-electron chi connectivity index (χ4n) is 1.23. The van der Waals surface area contributed by atoms with Crippen LogP contribution in [0.3, 0.4) is 0 Å². The predicted octanol–water partition coefficient (Wildman–Crippen LogP) is 0.787. The third-order valence-electron chi connectivity index (χ3n) is 1.96. The summed E-state index contributed by atoms with van der Waals surface area (Å²) in [5.41, 5.74) is 0.736. The van der Waals surface area contributed by atoms with Crippen LogP contribution in [-0.4, -0.2) is 33.0 Å². The van der Waals surface area contributed by atoms with Crippen LogP contribution in [-0.2, 0) is 4.79 Å². The van der Waals surface area contributed by atoms with Crippen LogP contribution >= 0.6 is 0 Å². The Bertz CT molecular complexity index is 565. The highest BCUT2D eigenvalue weighted by atomic mass is 16.5. The minimum absolute atomic E-state index is 0.311. The van der Waals surface area contributed by atoms with E-state index in [4.69, 9.17) is 4.74 Å². The molecule has 0 aliphatic carbocycles. The van der Waals surface area contributed by atoms with Crippen LogP contribution in [0, 0.1) is 0 Å². The first-order valence-corrected chi connectivity index (χ1v) is 4.74. The van der Waals surface area contributed by atoms with Crippen molar-refractivity contribution in [2.75, 3.05) is 7.11 Å². The van der Waals surface area contributed by atoms with Gasteiger partial charge in [-0.1, -0.05) is 0 Å². The van der Waals surface area contributed by atoms with Crippen LogP contribution in [0.25, 0.3) is 17.6 Å². The first-order chi connectivity index (χ1) is 8.35. The van der Waals surface area contributed by atoms with E-state index in [1.165, 1.54) is 19.4 Å². The van der Waals surface area contributed by atoms with Gasteiger partial charge in [-0.2, -0.15) is 0 Å². The fraction of sp³-hybridized carbons (Fsp3) is 0.0909. The molecule has 0 amide bonds. The second-order valence-corrected chi connectivity index (χ2v) is 2.98. The maximum absolute atomic E-state index is 10.4. The van der Waals surface area contributed by atoms with Crippen LogP contribution < -0.4 is 4.74 Å². The first kappa shape index (κ1) is 10.9. The summed E-state index contributed by atoms with van der Waals surface area (Å²) in [7, 11) is 1.47. The van der Waals surface area contributed by atoms with Crippen molar-refractivity contribution in [3.8, 4) is 17.4 Å². The smallest absolute Gasteiger partial charge is 0.232 e. The van der Waals surface area contributed by atoms with Crippen LogP contribution in [0.2, 0.25) is 0 Å². The molecule has 0 unspecified atom stereocenters. The van der Waals surface area contributed by atoms with Gasteiger partial charge in [-0.05, 0) is 6.07 Å². The molecule has 0 N–H and O–H groups in total. The summed E-state index contributed by atoms with van der Waals surface area (Å²) in [6, 6.07) is 1.69. The molecular formula is C11H8N4O2. The lowest BCUT2D eigenvalue weighted by Gasteiger charge is -2.03. The summed E-state index contributed by atoms with van der Waals surface area (Å²) in [5, 5.41) is 0. The number of hydrogen-bond acceptors (Lipinski definition) is 6. The van der Waals surface area contributed by atoms with Gasteiger partial charge in [0, 0.05) is 12.4 Å². The molecule has 2 aromatic rings. The molecule has 0 aromatic carbocycles. The molecule has 17 heavy (non-hydrogen) atoms. The predicted molar refractivity (Wildman–Crippen MR) is 59.8 cm³/mol. The average molecular weight is 228 g/mol. The van der Waals surface area contributed by atoms with Gasteiger partial charge in [-0.15, -0.1) is 0 Å². The summed E-state index contributed by atoms with van der Waals surface area (Å²) < 4.78 is 4.93. The van der Waals surface area contributed by atoms with Crippen molar-refractivity contribution < 1.29 is 9.53 Å². The Kier molecular flexibility index (Phi) is 3.18. The molecule has 0 saturated heterocycles. The number of carbonyl (C=O) groups excluding carboxylic acids is 1. The molecule has 0 spiro atoms. The summed E-state index contributed by atoms with van der Waals surface area (Å²) in [6.07, 6.45) is 5.78. The minimum Gasteiger partial charge on any atom is -0.480 e. The monoisotopic (exact) mass is 228 g/mol. The molecular weight excluding hydrogens is 220 g/mol. The lowest BCUT2D eigenvalue weighted by Crippen LogP contribution is -1.98. The van der Waals surface area contributed by atoms with Crippen molar-refractivity contribution in [2.45, 2.75) is 0 Å². The van der Waals surface area contributed by atoms with Crippen LogP contribution in [0.15, 0.2) is 24.7 Å². The largest absolute Gasteiger partial charge is 0.480 e. The van der Waals surface area contributed by atoms with Gasteiger partial charge < -0.3 is 4.74 Å². The molecule has 0 fully saturated rings. The Balaban J connectivity index is 2.57. The van der Waals surface area contributed by atoms with E-state index in [1.54, 1.807) is 24.4 Å². The topological polar surface area (TPSA) is 77.9 Å². The molecule has 6 heteroatoms. The zero-order valence-electron chi connectivity index (χ0n) is 8.99. The zero-order chi connectivity index (χ0) is 12.1. The van der Waals surface area contributed by atoms with Gasteiger partial charge in [0.25, 0.3) is 0 Å². The lowest BCUT2D eigenvalue weighted by molar-refractivity contribution is 0.395. The lowest BCUT2D eigenvalue weighted by atomic mass is 10.3. The molecule has 84 valence electrons. The molecule has 0 atom stereocenters. The highest BCUT2D eigenvalue weighted by molar-refractivity contribution is 5.78. The number of aromatic nitrogens is 4. The second-order valence-electron chi connectivity index (χ2n) is 2.98. The Hall–Kier alpha value is -2.59. The molecule has 2 rings (SSSR count). The number of rotatable bonds is 3. The summed E-state index contributed by atoms with van der Waals surface area (Å²) in [6.45, 7) is 0. The Morgan fingerprint density at radius 2 is 2.06 bits per heavy atom. The summed E-state index contributed by atoms with van der Waals surface area (Å²) >= 11 is 0. The van der Waals surface area contributed by atoms with Crippen LogP contribution in [0.1, 0.15) is 5.69 Å². The van der Waals surface area contributed by atoms with Crippen LogP contribution in [0.5, 0.6) is 5.88 Å². The normalized spacial score (nSPS) is 9.47. The van der Waals surface area contributed by atoms with E-state index in [9.17, 15) is 4.79 Å². The van der Waals surface area contributed by atoms with E-state index in [0.29, 0.717) is 23.1 Å². The van der Waals surface area contributed by atoms with Crippen LogP contribution in [0.4, 0.5) is 0 Å². The zero-order valence-corrected chi connectivity index (χ0v) is 8.99. The van der Waals surface area contributed by atoms with E-state index in [1.807, 2.05) is 0 Å². The van der Waals surface area contributed by atoms with Gasteiger partial charge in [0.2, 0.25) is 5.88 Å². The number of hydrogen-bond donors (Lipinski definition) is 0. The van der Waals surface area contributed by atoms with E-state index < -0.39 is 0 Å². The van der Waals surface area contributed by atoms with E-state index in [0.717, 1.165) is 0 Å². The van der Waals surface area contributed by atoms with E-state index >= 15 is 0 Å². The standard InChI is InChI=1S/C11H8N4O2/c1-17-9-7-14-10(8(15-9)3-6-16)11-12-4-2-5-13-11/h2-5,7H,1H3. The number of ether oxygens (including phenoxy) is 1. The quantitative estimate of drug-likeness (QED) is 0.722. The van der Waals surface area contributed by atoms with Gasteiger partial charge in [0.05, 0.1) is 19.4 Å². The van der Waals surface area contributed by atoms with E-state index in [-0.39, 0.29) is 0 Å². The molecule has 6 nitrogen and oxygen atoms in total. The third kappa shape index (κ3) is 2.32. The van der Waals surface area contributed by atoms with Gasteiger partial charge >= 0.3 is 0 Å². The molecule has 2 heterocycles. The van der Waals surface area contributed by atoms with Crippen molar-refractivity contribution in [1.29, 1.82) is 0 Å². The molecule has 2 aromatic heterocycles. The molecule has 0 aliphatic heterocycles. The van der Waals surface area contributed by atoms with Gasteiger partial charge in [-0.25, -0.2) is 24.7 Å². The highest BCUT2D eigenvalue weighted by Crippen LogP contribution is 2.18. The van der Waals surface area contributed by atoms with Crippen molar-refractivity contribution in [2.24, 2.45) is 0 Å². The van der Waals surface area contributed by atoms with Crippen molar-refractivity contribution in [3.05, 3.63) is 30.4 Å². The Labute approximate surface area is 97.0 Å².